The van der Waals surface area contributed by atoms with Crippen molar-refractivity contribution in [2.45, 2.75) is 32.7 Å². The summed E-state index contributed by atoms with van der Waals surface area (Å²) >= 11 is 0. The minimum Gasteiger partial charge on any atom is -0.395 e. The predicted octanol–water partition coefficient (Wildman–Crippen LogP) is 0.190. The molecule has 0 amide bonds. The van der Waals surface area contributed by atoms with Crippen molar-refractivity contribution in [1.82, 2.24) is 5.32 Å². The molecule has 0 aromatic carbocycles. The van der Waals surface area contributed by atoms with Crippen molar-refractivity contribution in [1.29, 1.82) is 0 Å². The molecule has 4 nitrogen and oxygen atoms in total. The predicted molar refractivity (Wildman–Crippen MR) is 58.8 cm³/mol. The van der Waals surface area contributed by atoms with Crippen LogP contribution in [0.1, 0.15) is 27.2 Å². The van der Waals surface area contributed by atoms with Crippen molar-refractivity contribution in [3.63, 3.8) is 0 Å². The second kappa shape index (κ2) is 6.92. The first-order valence-electron chi connectivity index (χ1n) is 4.98. The summed E-state index contributed by atoms with van der Waals surface area (Å²) in [6.45, 7) is 7.42. The number of nitrogens with zero attached hydrogens (tertiary/aromatic N) is 1. The van der Waals surface area contributed by atoms with E-state index in [0.29, 0.717) is 13.1 Å². The summed E-state index contributed by atoms with van der Waals surface area (Å²) < 4.78 is 0. The third-order valence-corrected chi connectivity index (χ3v) is 1.89. The van der Waals surface area contributed by atoms with Gasteiger partial charge in [-0.05, 0) is 20.8 Å². The summed E-state index contributed by atoms with van der Waals surface area (Å²) in [6, 6.07) is 0. The lowest BCUT2D eigenvalue weighted by Gasteiger charge is -2.25. The average molecular weight is 202 g/mol. The Balaban J connectivity index is 3.93. The first kappa shape index (κ1) is 13.5. The first-order valence-corrected chi connectivity index (χ1v) is 4.98. The molecular weight excluding hydrogens is 180 g/mol. The molecule has 0 heterocycles. The van der Waals surface area contributed by atoms with Gasteiger partial charge in [0, 0.05) is 24.2 Å². The van der Waals surface area contributed by atoms with Crippen molar-refractivity contribution < 1.29 is 10.2 Å². The third kappa shape index (κ3) is 7.00. The Hall–Kier alpha value is -0.450. The SMILES string of the molecule is CC(CC(C)(C)NCCO)=NCCO. The molecule has 0 spiro atoms. The molecule has 0 unspecified atom stereocenters. The Morgan fingerprint density at radius 2 is 1.93 bits per heavy atom. The Kier molecular flexibility index (Phi) is 6.70. The summed E-state index contributed by atoms with van der Waals surface area (Å²) in [7, 11) is 0. The Morgan fingerprint density at radius 1 is 1.29 bits per heavy atom. The van der Waals surface area contributed by atoms with Crippen LogP contribution in [0.15, 0.2) is 4.99 Å². The molecule has 0 radical (unpaired) electrons. The van der Waals surface area contributed by atoms with E-state index < -0.39 is 0 Å². The van der Waals surface area contributed by atoms with Crippen molar-refractivity contribution >= 4 is 5.71 Å². The van der Waals surface area contributed by atoms with E-state index in [4.69, 9.17) is 10.2 Å². The minimum atomic E-state index is -0.0498. The highest BCUT2D eigenvalue weighted by molar-refractivity contribution is 5.82. The zero-order chi connectivity index (χ0) is 11.0. The number of aliphatic hydroxyl groups is 2. The smallest absolute Gasteiger partial charge is 0.0626 e. The van der Waals surface area contributed by atoms with Crippen molar-refractivity contribution in [3.8, 4) is 0 Å². The number of nitrogens with one attached hydrogen (secondary N) is 1. The van der Waals surface area contributed by atoms with Gasteiger partial charge in [-0.1, -0.05) is 0 Å². The maximum absolute atomic E-state index is 8.68. The van der Waals surface area contributed by atoms with Gasteiger partial charge in [-0.25, -0.2) is 0 Å². The molecule has 0 bridgehead atoms. The van der Waals surface area contributed by atoms with E-state index in [1.165, 1.54) is 0 Å². The largest absolute Gasteiger partial charge is 0.395 e. The van der Waals surface area contributed by atoms with Crippen LogP contribution in [0.3, 0.4) is 0 Å². The summed E-state index contributed by atoms with van der Waals surface area (Å²) in [5.74, 6) is 0. The van der Waals surface area contributed by atoms with Crippen molar-refractivity contribution in [3.05, 3.63) is 0 Å². The minimum absolute atomic E-state index is 0.0498. The van der Waals surface area contributed by atoms with Crippen LogP contribution in [-0.4, -0.2) is 47.8 Å². The fourth-order valence-corrected chi connectivity index (χ4v) is 1.39. The quantitative estimate of drug-likeness (QED) is 0.516. The molecule has 4 heteroatoms. The van der Waals surface area contributed by atoms with Gasteiger partial charge < -0.3 is 15.5 Å². The van der Waals surface area contributed by atoms with E-state index >= 15 is 0 Å². The maximum Gasteiger partial charge on any atom is 0.0626 e. The van der Waals surface area contributed by atoms with Gasteiger partial charge in [-0.2, -0.15) is 0 Å². The zero-order valence-electron chi connectivity index (χ0n) is 9.38. The highest BCUT2D eigenvalue weighted by atomic mass is 16.3. The number of hydrogen-bond acceptors (Lipinski definition) is 4. The van der Waals surface area contributed by atoms with Crippen LogP contribution in [0.2, 0.25) is 0 Å². The fraction of sp³-hybridized carbons (Fsp3) is 0.900. The first-order chi connectivity index (χ1) is 6.52. The highest BCUT2D eigenvalue weighted by Gasteiger charge is 2.17. The molecule has 0 aliphatic carbocycles. The topological polar surface area (TPSA) is 64.8 Å². The molecule has 84 valence electrons. The van der Waals surface area contributed by atoms with Crippen LogP contribution >= 0.6 is 0 Å². The summed E-state index contributed by atoms with van der Waals surface area (Å²) in [5, 5.41) is 20.5. The molecule has 14 heavy (non-hydrogen) atoms. The summed E-state index contributed by atoms with van der Waals surface area (Å²) in [5.41, 5.74) is 0.973. The Labute approximate surface area is 86.1 Å². The fourth-order valence-electron chi connectivity index (χ4n) is 1.39. The van der Waals surface area contributed by atoms with E-state index in [2.05, 4.69) is 24.2 Å². The van der Waals surface area contributed by atoms with Crippen LogP contribution in [-0.2, 0) is 0 Å². The number of β-amino-alcohol motifs (C(OH)–C–C–N with tert-alkyl or cyclic N) is 1. The number of aliphatic hydroxyl groups excluding tert-OH is 2. The number of rotatable bonds is 7. The van der Waals surface area contributed by atoms with Gasteiger partial charge in [0.2, 0.25) is 0 Å². The molecule has 0 saturated carbocycles. The van der Waals surface area contributed by atoms with Gasteiger partial charge in [0.05, 0.1) is 19.8 Å². The van der Waals surface area contributed by atoms with E-state index in [-0.39, 0.29) is 18.8 Å². The van der Waals surface area contributed by atoms with Gasteiger partial charge in [0.1, 0.15) is 0 Å². The molecule has 0 aliphatic rings. The number of aliphatic imine (C=N–C) groups is 1. The highest BCUT2D eigenvalue weighted by Crippen LogP contribution is 2.08. The molecule has 0 aromatic rings. The standard InChI is InChI=1S/C10H22N2O2/c1-9(11-4-6-13)8-10(2,3)12-5-7-14/h12-14H,4-8H2,1-3H3. The van der Waals surface area contributed by atoms with E-state index in [0.717, 1.165) is 12.1 Å². The van der Waals surface area contributed by atoms with Gasteiger partial charge in [0.25, 0.3) is 0 Å². The second-order valence-corrected chi connectivity index (χ2v) is 4.05. The molecule has 3 N–H and O–H groups in total. The molecule has 0 aliphatic heterocycles. The van der Waals surface area contributed by atoms with E-state index in [9.17, 15) is 0 Å². The van der Waals surface area contributed by atoms with Crippen LogP contribution in [0.5, 0.6) is 0 Å². The van der Waals surface area contributed by atoms with Gasteiger partial charge >= 0.3 is 0 Å². The molecule has 0 atom stereocenters. The van der Waals surface area contributed by atoms with Crippen LogP contribution in [0.25, 0.3) is 0 Å². The van der Waals surface area contributed by atoms with Crippen LogP contribution in [0, 0.1) is 0 Å². The second-order valence-electron chi connectivity index (χ2n) is 4.05. The van der Waals surface area contributed by atoms with Gasteiger partial charge in [-0.15, -0.1) is 0 Å². The summed E-state index contributed by atoms with van der Waals surface area (Å²) in [4.78, 5) is 4.20. The van der Waals surface area contributed by atoms with Crippen LogP contribution in [0.4, 0.5) is 0 Å². The maximum atomic E-state index is 8.68. The average Bonchev–Trinajstić information content (AvgIpc) is 2.11. The molecule has 0 saturated heterocycles. The lowest BCUT2D eigenvalue weighted by molar-refractivity contribution is 0.268. The normalized spacial score (nSPS) is 13.4. The summed E-state index contributed by atoms with van der Waals surface area (Å²) in [6.07, 6.45) is 0.826. The lowest BCUT2D eigenvalue weighted by Crippen LogP contribution is -2.42. The lowest BCUT2D eigenvalue weighted by atomic mass is 9.98. The molecule has 0 fully saturated rings. The third-order valence-electron chi connectivity index (χ3n) is 1.89. The van der Waals surface area contributed by atoms with Crippen molar-refractivity contribution in [2.24, 2.45) is 4.99 Å². The van der Waals surface area contributed by atoms with Crippen molar-refractivity contribution in [2.75, 3.05) is 26.3 Å². The Morgan fingerprint density at radius 3 is 2.43 bits per heavy atom. The van der Waals surface area contributed by atoms with E-state index in [1.54, 1.807) is 0 Å². The van der Waals surface area contributed by atoms with Gasteiger partial charge in [-0.3, -0.25) is 4.99 Å². The van der Waals surface area contributed by atoms with Crippen LogP contribution < -0.4 is 5.32 Å². The van der Waals surface area contributed by atoms with E-state index in [1.807, 2.05) is 6.92 Å². The molecule has 0 rings (SSSR count). The Bertz CT molecular complexity index is 179. The number of hydrogen-bond donors (Lipinski definition) is 3. The molecule has 0 aromatic heterocycles. The molecular formula is C10H22N2O2. The van der Waals surface area contributed by atoms with Gasteiger partial charge in [0.15, 0.2) is 0 Å². The zero-order valence-corrected chi connectivity index (χ0v) is 9.38. The monoisotopic (exact) mass is 202 g/mol.